The maximum absolute atomic E-state index is 11.3. The average Bonchev–Trinajstić information content (AvgIpc) is 2.59. The summed E-state index contributed by atoms with van der Waals surface area (Å²) < 4.78 is 9.83. The molecule has 0 unspecified atom stereocenters. The van der Waals surface area contributed by atoms with E-state index in [1.54, 1.807) is 18.6 Å². The molecular formula is C9H12O3S2. The molecule has 0 saturated carbocycles. The molecule has 0 aliphatic heterocycles. The fourth-order valence-electron chi connectivity index (χ4n) is 0.873. The summed E-state index contributed by atoms with van der Waals surface area (Å²) >= 11 is 5.45. The number of hydrogen-bond donors (Lipinski definition) is 1. The largest absolute Gasteiger partial charge is 0.461 e. The Kier molecular flexibility index (Phi) is 5.00. The summed E-state index contributed by atoms with van der Waals surface area (Å²) in [6.07, 6.45) is 0.724. The van der Waals surface area contributed by atoms with E-state index < -0.39 is 0 Å². The molecule has 78 valence electrons. The topological polar surface area (TPSA) is 35.5 Å². The van der Waals surface area contributed by atoms with Gasteiger partial charge in [-0.05, 0) is 6.07 Å². The molecule has 5 heteroatoms. The van der Waals surface area contributed by atoms with E-state index in [2.05, 4.69) is 12.6 Å². The van der Waals surface area contributed by atoms with E-state index >= 15 is 0 Å². The number of ether oxygens (including phenoxy) is 2. The van der Waals surface area contributed by atoms with Gasteiger partial charge < -0.3 is 9.47 Å². The Labute approximate surface area is 92.4 Å². The lowest BCUT2D eigenvalue weighted by Crippen LogP contribution is -2.06. The summed E-state index contributed by atoms with van der Waals surface area (Å²) in [7, 11) is 1.62. The molecule has 0 aromatic carbocycles. The number of thiophene rings is 1. The van der Waals surface area contributed by atoms with Crippen LogP contribution in [0.5, 0.6) is 0 Å². The van der Waals surface area contributed by atoms with E-state index in [4.69, 9.17) is 9.47 Å². The summed E-state index contributed by atoms with van der Waals surface area (Å²) in [5.41, 5.74) is 0. The summed E-state index contributed by atoms with van der Waals surface area (Å²) in [5.74, 6) is -0.286. The van der Waals surface area contributed by atoms with Crippen molar-refractivity contribution < 1.29 is 14.3 Å². The van der Waals surface area contributed by atoms with Gasteiger partial charge in [0.05, 0.1) is 6.61 Å². The molecule has 1 rings (SSSR count). The van der Waals surface area contributed by atoms with Crippen LogP contribution in [0.1, 0.15) is 16.1 Å². The molecule has 3 nitrogen and oxygen atoms in total. The van der Waals surface area contributed by atoms with E-state index in [1.165, 1.54) is 11.3 Å². The van der Waals surface area contributed by atoms with Gasteiger partial charge in [-0.2, -0.15) is 0 Å². The molecule has 0 N–H and O–H groups in total. The molecule has 1 aromatic heterocycles. The van der Waals surface area contributed by atoms with Crippen LogP contribution in [-0.2, 0) is 9.47 Å². The first-order chi connectivity index (χ1) is 6.74. The van der Waals surface area contributed by atoms with Crippen LogP contribution < -0.4 is 0 Å². The van der Waals surface area contributed by atoms with Gasteiger partial charge in [0.2, 0.25) is 0 Å². The third kappa shape index (κ3) is 3.69. The molecule has 0 radical (unpaired) electrons. The van der Waals surface area contributed by atoms with Crippen molar-refractivity contribution in [2.24, 2.45) is 0 Å². The van der Waals surface area contributed by atoms with Crippen molar-refractivity contribution in [3.8, 4) is 0 Å². The minimum absolute atomic E-state index is 0.286. The summed E-state index contributed by atoms with van der Waals surface area (Å²) in [6, 6.07) is 1.70. The number of carbonyl (C=O) groups excluding carboxylic acids is 1. The molecule has 0 aliphatic carbocycles. The summed E-state index contributed by atoms with van der Waals surface area (Å²) in [6.45, 7) is 1.00. The molecule has 0 saturated heterocycles. The predicted octanol–water partition coefficient (Wildman–Crippen LogP) is 2.23. The first kappa shape index (κ1) is 11.6. The number of rotatable bonds is 5. The maximum atomic E-state index is 11.3. The molecule has 0 fully saturated rings. The summed E-state index contributed by atoms with van der Waals surface area (Å²) in [5, 5.41) is 1.80. The SMILES string of the molecule is COCCCOC(=O)c1cc(S)cs1. The maximum Gasteiger partial charge on any atom is 0.348 e. The highest BCUT2D eigenvalue weighted by atomic mass is 32.1. The lowest BCUT2D eigenvalue weighted by atomic mass is 10.4. The van der Waals surface area contributed by atoms with Crippen LogP contribution in [0.15, 0.2) is 16.3 Å². The van der Waals surface area contributed by atoms with Crippen LogP contribution in [0.4, 0.5) is 0 Å². The van der Waals surface area contributed by atoms with Crippen LogP contribution in [0, 0.1) is 0 Å². The molecule has 0 aliphatic rings. The van der Waals surface area contributed by atoms with Crippen LogP contribution in [0.3, 0.4) is 0 Å². The van der Waals surface area contributed by atoms with Crippen molar-refractivity contribution in [1.82, 2.24) is 0 Å². The molecule has 0 bridgehead atoms. The second-order valence-corrected chi connectivity index (χ2v) is 4.08. The second kappa shape index (κ2) is 6.06. The smallest absolute Gasteiger partial charge is 0.348 e. The molecule has 0 atom stereocenters. The van der Waals surface area contributed by atoms with Crippen molar-refractivity contribution in [3.63, 3.8) is 0 Å². The lowest BCUT2D eigenvalue weighted by Gasteiger charge is -2.01. The molecule has 14 heavy (non-hydrogen) atoms. The number of esters is 1. The monoisotopic (exact) mass is 232 g/mol. The Morgan fingerprint density at radius 1 is 1.57 bits per heavy atom. The van der Waals surface area contributed by atoms with Gasteiger partial charge in [-0.1, -0.05) is 0 Å². The van der Waals surface area contributed by atoms with Gasteiger partial charge in [-0.25, -0.2) is 4.79 Å². The third-order valence-electron chi connectivity index (χ3n) is 1.51. The van der Waals surface area contributed by atoms with Gasteiger partial charge in [-0.15, -0.1) is 24.0 Å². The van der Waals surface area contributed by atoms with E-state index in [1.807, 2.05) is 0 Å². The lowest BCUT2D eigenvalue weighted by molar-refractivity contribution is 0.0474. The van der Waals surface area contributed by atoms with E-state index in [9.17, 15) is 4.79 Å². The Morgan fingerprint density at radius 2 is 2.36 bits per heavy atom. The Balaban J connectivity index is 2.29. The second-order valence-electron chi connectivity index (χ2n) is 2.65. The highest BCUT2D eigenvalue weighted by Gasteiger charge is 2.08. The van der Waals surface area contributed by atoms with Crippen molar-refractivity contribution in [2.75, 3.05) is 20.3 Å². The zero-order valence-electron chi connectivity index (χ0n) is 7.86. The van der Waals surface area contributed by atoms with E-state index in [-0.39, 0.29) is 5.97 Å². The fraction of sp³-hybridized carbons (Fsp3) is 0.444. The highest BCUT2D eigenvalue weighted by Crippen LogP contribution is 2.18. The first-order valence-electron chi connectivity index (χ1n) is 4.17. The molecular weight excluding hydrogens is 220 g/mol. The summed E-state index contributed by atoms with van der Waals surface area (Å²) in [4.78, 5) is 12.7. The van der Waals surface area contributed by atoms with Crippen LogP contribution in [0.2, 0.25) is 0 Å². The zero-order chi connectivity index (χ0) is 10.4. The minimum Gasteiger partial charge on any atom is -0.461 e. The normalized spacial score (nSPS) is 10.1. The van der Waals surface area contributed by atoms with E-state index in [0.717, 1.165) is 11.3 Å². The predicted molar refractivity (Wildman–Crippen MR) is 58.3 cm³/mol. The van der Waals surface area contributed by atoms with Gasteiger partial charge in [0, 0.05) is 30.4 Å². The molecule has 1 heterocycles. The van der Waals surface area contributed by atoms with Crippen molar-refractivity contribution in [2.45, 2.75) is 11.3 Å². The van der Waals surface area contributed by atoms with Gasteiger partial charge >= 0.3 is 5.97 Å². The average molecular weight is 232 g/mol. The number of methoxy groups -OCH3 is 1. The molecule has 0 amide bonds. The Bertz CT molecular complexity index is 296. The van der Waals surface area contributed by atoms with Crippen LogP contribution in [0.25, 0.3) is 0 Å². The highest BCUT2D eigenvalue weighted by molar-refractivity contribution is 7.80. The van der Waals surface area contributed by atoms with Crippen LogP contribution >= 0.6 is 24.0 Å². The first-order valence-corrected chi connectivity index (χ1v) is 5.50. The molecule has 0 spiro atoms. The van der Waals surface area contributed by atoms with Crippen molar-refractivity contribution in [3.05, 3.63) is 16.3 Å². The van der Waals surface area contributed by atoms with Crippen LogP contribution in [-0.4, -0.2) is 26.3 Å². The van der Waals surface area contributed by atoms with Gasteiger partial charge in [0.15, 0.2) is 0 Å². The van der Waals surface area contributed by atoms with Crippen molar-refractivity contribution in [1.29, 1.82) is 0 Å². The number of thiol groups is 1. The zero-order valence-corrected chi connectivity index (χ0v) is 9.57. The third-order valence-corrected chi connectivity index (χ3v) is 2.86. The van der Waals surface area contributed by atoms with Gasteiger partial charge in [0.25, 0.3) is 0 Å². The number of carbonyl (C=O) groups is 1. The van der Waals surface area contributed by atoms with Gasteiger partial charge in [0.1, 0.15) is 4.88 Å². The van der Waals surface area contributed by atoms with Gasteiger partial charge in [-0.3, -0.25) is 0 Å². The Hall–Kier alpha value is -0.520. The standard InChI is InChI=1S/C9H12O3S2/c1-11-3-2-4-12-9(10)8-5-7(13)6-14-8/h5-6,13H,2-4H2,1H3. The molecule has 1 aromatic rings. The van der Waals surface area contributed by atoms with E-state index in [0.29, 0.717) is 18.1 Å². The minimum atomic E-state index is -0.286. The Morgan fingerprint density at radius 3 is 2.93 bits per heavy atom. The quantitative estimate of drug-likeness (QED) is 0.480. The number of hydrogen-bond acceptors (Lipinski definition) is 5. The van der Waals surface area contributed by atoms with Crippen molar-refractivity contribution >= 4 is 29.9 Å². The fourth-order valence-corrected chi connectivity index (χ4v) is 1.91.